The molecule has 0 radical (unpaired) electrons. The molecule has 1 amide bonds. The number of carboxylic acids is 1. The predicted molar refractivity (Wildman–Crippen MR) is 71.2 cm³/mol. The van der Waals surface area contributed by atoms with Crippen LogP contribution in [-0.4, -0.2) is 48.4 Å². The van der Waals surface area contributed by atoms with Gasteiger partial charge in [-0.05, 0) is 31.1 Å². The van der Waals surface area contributed by atoms with E-state index in [4.69, 9.17) is 14.6 Å². The van der Waals surface area contributed by atoms with E-state index in [-0.39, 0.29) is 11.9 Å². The minimum absolute atomic E-state index is 0.0834. The molecule has 3 atom stereocenters. The number of amides is 1. The SMILES string of the molecule is CC(C)C[C@@H](COCC1CC1)NC(=O)[C@H]1O[C@@H]1C(=O)O. The Hall–Kier alpha value is -1.14. The van der Waals surface area contributed by atoms with Gasteiger partial charge in [-0.2, -0.15) is 0 Å². The first-order valence-corrected chi connectivity index (χ1v) is 7.23. The van der Waals surface area contributed by atoms with Crippen molar-refractivity contribution in [2.45, 2.75) is 51.4 Å². The molecule has 0 unspecified atom stereocenters. The molecule has 0 aromatic rings. The van der Waals surface area contributed by atoms with Crippen LogP contribution in [0.2, 0.25) is 0 Å². The van der Waals surface area contributed by atoms with Crippen LogP contribution in [0.1, 0.15) is 33.1 Å². The van der Waals surface area contributed by atoms with Crippen LogP contribution >= 0.6 is 0 Å². The fourth-order valence-corrected chi connectivity index (χ4v) is 2.18. The Morgan fingerprint density at radius 3 is 2.55 bits per heavy atom. The third kappa shape index (κ3) is 4.76. The summed E-state index contributed by atoms with van der Waals surface area (Å²) in [6.07, 6.45) is 1.45. The molecule has 0 aromatic carbocycles. The van der Waals surface area contributed by atoms with Gasteiger partial charge in [0.2, 0.25) is 0 Å². The van der Waals surface area contributed by atoms with E-state index in [0.717, 1.165) is 13.0 Å². The van der Waals surface area contributed by atoms with E-state index in [2.05, 4.69) is 19.2 Å². The zero-order chi connectivity index (χ0) is 14.7. The zero-order valence-electron chi connectivity index (χ0n) is 12.0. The van der Waals surface area contributed by atoms with Crippen molar-refractivity contribution in [2.24, 2.45) is 11.8 Å². The Balaban J connectivity index is 1.73. The van der Waals surface area contributed by atoms with Crippen molar-refractivity contribution in [3.8, 4) is 0 Å². The lowest BCUT2D eigenvalue weighted by molar-refractivity contribution is -0.138. The van der Waals surface area contributed by atoms with Crippen molar-refractivity contribution in [3.05, 3.63) is 0 Å². The summed E-state index contributed by atoms with van der Waals surface area (Å²) < 4.78 is 10.5. The minimum Gasteiger partial charge on any atom is -0.479 e. The molecule has 1 saturated heterocycles. The van der Waals surface area contributed by atoms with Crippen molar-refractivity contribution < 1.29 is 24.2 Å². The van der Waals surface area contributed by atoms with Crippen LogP contribution in [0.3, 0.4) is 0 Å². The first kappa shape index (κ1) is 15.3. The van der Waals surface area contributed by atoms with E-state index >= 15 is 0 Å². The molecule has 2 aliphatic rings. The van der Waals surface area contributed by atoms with Gasteiger partial charge in [0.05, 0.1) is 12.6 Å². The van der Waals surface area contributed by atoms with E-state index in [1.54, 1.807) is 0 Å². The first-order chi connectivity index (χ1) is 9.47. The average molecular weight is 285 g/mol. The smallest absolute Gasteiger partial charge is 0.336 e. The summed E-state index contributed by atoms with van der Waals surface area (Å²) in [6, 6.07) is -0.0834. The third-order valence-corrected chi connectivity index (χ3v) is 3.47. The minimum atomic E-state index is -1.09. The topological polar surface area (TPSA) is 88.2 Å². The van der Waals surface area contributed by atoms with Gasteiger partial charge < -0.3 is 19.9 Å². The molecular formula is C14H23NO5. The molecule has 2 N–H and O–H groups in total. The van der Waals surface area contributed by atoms with Gasteiger partial charge in [0.15, 0.2) is 12.2 Å². The lowest BCUT2D eigenvalue weighted by Gasteiger charge is -2.20. The molecule has 114 valence electrons. The predicted octanol–water partition coefficient (Wildman–Crippen LogP) is 0.796. The van der Waals surface area contributed by atoms with Crippen molar-refractivity contribution >= 4 is 11.9 Å². The molecule has 2 rings (SSSR count). The number of epoxide rings is 1. The molecule has 20 heavy (non-hydrogen) atoms. The molecule has 1 saturated carbocycles. The highest BCUT2D eigenvalue weighted by molar-refractivity contribution is 5.92. The van der Waals surface area contributed by atoms with Gasteiger partial charge in [-0.15, -0.1) is 0 Å². The van der Waals surface area contributed by atoms with Gasteiger partial charge in [0, 0.05) is 6.61 Å². The van der Waals surface area contributed by atoms with Gasteiger partial charge >= 0.3 is 5.97 Å². The fraction of sp³-hybridized carbons (Fsp3) is 0.857. The van der Waals surface area contributed by atoms with Gasteiger partial charge in [0.1, 0.15) is 0 Å². The first-order valence-electron chi connectivity index (χ1n) is 7.23. The Kier molecular flexibility index (Phi) is 4.99. The molecule has 0 spiro atoms. The Bertz CT molecular complexity index is 367. The molecule has 1 aliphatic heterocycles. The summed E-state index contributed by atoms with van der Waals surface area (Å²) in [7, 11) is 0. The molecular weight excluding hydrogens is 262 g/mol. The van der Waals surface area contributed by atoms with Crippen LogP contribution in [0.4, 0.5) is 0 Å². The summed E-state index contributed by atoms with van der Waals surface area (Å²) in [5, 5.41) is 11.6. The van der Waals surface area contributed by atoms with Crippen LogP contribution in [0, 0.1) is 11.8 Å². The van der Waals surface area contributed by atoms with Crippen molar-refractivity contribution in [2.75, 3.05) is 13.2 Å². The summed E-state index contributed by atoms with van der Waals surface area (Å²) in [5.74, 6) is -0.317. The van der Waals surface area contributed by atoms with E-state index < -0.39 is 18.2 Å². The number of rotatable bonds is 9. The number of nitrogens with one attached hydrogen (secondary N) is 1. The molecule has 1 heterocycles. The zero-order valence-corrected chi connectivity index (χ0v) is 12.0. The maximum absolute atomic E-state index is 11.9. The largest absolute Gasteiger partial charge is 0.479 e. The van der Waals surface area contributed by atoms with Crippen LogP contribution in [0.15, 0.2) is 0 Å². The molecule has 0 aromatic heterocycles. The van der Waals surface area contributed by atoms with Crippen LogP contribution in [0.5, 0.6) is 0 Å². The van der Waals surface area contributed by atoms with Gasteiger partial charge in [-0.25, -0.2) is 4.79 Å². The average Bonchev–Trinajstić information content (AvgIpc) is 3.22. The highest BCUT2D eigenvalue weighted by Gasteiger charge is 2.51. The second-order valence-corrected chi connectivity index (χ2v) is 6.13. The lowest BCUT2D eigenvalue weighted by atomic mass is 10.0. The van der Waals surface area contributed by atoms with Gasteiger partial charge in [-0.3, -0.25) is 4.79 Å². The molecule has 1 aliphatic carbocycles. The summed E-state index contributed by atoms with van der Waals surface area (Å²) in [6.45, 7) is 5.38. The number of hydrogen-bond acceptors (Lipinski definition) is 4. The maximum Gasteiger partial charge on any atom is 0.336 e. The van der Waals surface area contributed by atoms with Crippen LogP contribution in [0.25, 0.3) is 0 Å². The number of carboxylic acid groups (broad SMARTS) is 1. The van der Waals surface area contributed by atoms with Crippen molar-refractivity contribution in [3.63, 3.8) is 0 Å². The van der Waals surface area contributed by atoms with Gasteiger partial charge in [0.25, 0.3) is 5.91 Å². The third-order valence-electron chi connectivity index (χ3n) is 3.47. The molecule has 6 nitrogen and oxygen atoms in total. The maximum atomic E-state index is 11.9. The van der Waals surface area contributed by atoms with Crippen molar-refractivity contribution in [1.29, 1.82) is 0 Å². The number of carbonyl (C=O) groups is 2. The van der Waals surface area contributed by atoms with E-state index in [0.29, 0.717) is 18.4 Å². The van der Waals surface area contributed by atoms with Crippen LogP contribution < -0.4 is 5.32 Å². The number of carbonyl (C=O) groups excluding carboxylic acids is 1. The second-order valence-electron chi connectivity index (χ2n) is 6.13. The summed E-state index contributed by atoms with van der Waals surface area (Å²) >= 11 is 0. The van der Waals surface area contributed by atoms with E-state index in [9.17, 15) is 9.59 Å². The fourth-order valence-electron chi connectivity index (χ4n) is 2.18. The van der Waals surface area contributed by atoms with E-state index in [1.807, 2.05) is 0 Å². The number of ether oxygens (including phenoxy) is 2. The van der Waals surface area contributed by atoms with E-state index in [1.165, 1.54) is 12.8 Å². The lowest BCUT2D eigenvalue weighted by Crippen LogP contribution is -2.42. The summed E-state index contributed by atoms with van der Waals surface area (Å²) in [4.78, 5) is 22.5. The second kappa shape index (κ2) is 6.54. The standard InChI is InChI=1S/C14H23NO5/c1-8(2)5-10(7-19-6-9-3-4-9)15-13(16)11-12(20-11)14(17)18/h8-12H,3-7H2,1-2H3,(H,15,16)(H,17,18)/t10-,11-,12-/m0/s1. The normalized spacial score (nSPS) is 26.4. The molecule has 2 fully saturated rings. The Morgan fingerprint density at radius 1 is 1.35 bits per heavy atom. The Labute approximate surface area is 118 Å². The van der Waals surface area contributed by atoms with Crippen LogP contribution in [-0.2, 0) is 19.1 Å². The number of aliphatic carboxylic acids is 1. The van der Waals surface area contributed by atoms with Gasteiger partial charge in [-0.1, -0.05) is 13.8 Å². The quantitative estimate of drug-likeness (QED) is 0.612. The highest BCUT2D eigenvalue weighted by Crippen LogP contribution is 2.29. The number of hydrogen-bond donors (Lipinski definition) is 2. The van der Waals surface area contributed by atoms with Crippen molar-refractivity contribution in [1.82, 2.24) is 5.32 Å². The monoisotopic (exact) mass is 285 g/mol. The summed E-state index contributed by atoms with van der Waals surface area (Å²) in [5.41, 5.74) is 0. The Morgan fingerprint density at radius 2 is 2.05 bits per heavy atom. The highest BCUT2D eigenvalue weighted by atomic mass is 16.6. The molecule has 6 heteroatoms. The molecule has 0 bridgehead atoms.